The molecule has 0 bridgehead atoms. The van der Waals surface area contributed by atoms with Crippen LogP contribution in [0.2, 0.25) is 0 Å². The maximum Gasteiger partial charge on any atom is 0.247 e. The molecule has 1 amide bonds. The molecule has 0 aliphatic carbocycles. The van der Waals surface area contributed by atoms with Gasteiger partial charge in [0, 0.05) is 23.8 Å². The van der Waals surface area contributed by atoms with Crippen LogP contribution in [0.15, 0.2) is 41.6 Å². The summed E-state index contributed by atoms with van der Waals surface area (Å²) in [6.07, 6.45) is -0.899. The number of halogens is 1. The average molecular weight is 453 g/mol. The minimum atomic E-state index is -0.899. The van der Waals surface area contributed by atoms with Gasteiger partial charge in [0.05, 0.1) is 5.69 Å². The van der Waals surface area contributed by atoms with Gasteiger partial charge in [-0.1, -0.05) is 49.4 Å². The number of benzene rings is 2. The average Bonchev–Trinajstić information content (AvgIpc) is 2.87. The van der Waals surface area contributed by atoms with Crippen molar-refractivity contribution in [2.24, 2.45) is 5.92 Å². The summed E-state index contributed by atoms with van der Waals surface area (Å²) >= 11 is 1.50. The molecule has 0 unspecified atom stereocenters. The summed E-state index contributed by atoms with van der Waals surface area (Å²) in [4.78, 5) is 19.1. The molecule has 0 spiro atoms. The zero-order chi connectivity index (χ0) is 23.0. The van der Waals surface area contributed by atoms with Crippen LogP contribution in [0.4, 0.5) is 10.1 Å². The van der Waals surface area contributed by atoms with Gasteiger partial charge in [0.15, 0.2) is 5.69 Å². The Morgan fingerprint density at radius 2 is 2.00 bits per heavy atom. The Morgan fingerprint density at radius 1 is 1.22 bits per heavy atom. The van der Waals surface area contributed by atoms with Crippen LogP contribution in [-0.2, 0) is 4.79 Å². The van der Waals surface area contributed by atoms with Crippen LogP contribution in [0.1, 0.15) is 43.7 Å². The van der Waals surface area contributed by atoms with Gasteiger partial charge in [0.1, 0.15) is 5.82 Å². The number of amides is 1. The minimum absolute atomic E-state index is 0.234. The third kappa shape index (κ3) is 4.32. The van der Waals surface area contributed by atoms with Crippen LogP contribution in [0, 0.1) is 25.6 Å². The molecule has 0 fully saturated rings. The van der Waals surface area contributed by atoms with Crippen molar-refractivity contribution in [2.75, 3.05) is 10.7 Å². The van der Waals surface area contributed by atoms with Gasteiger partial charge in [-0.15, -0.1) is 10.2 Å². The number of anilines is 1. The topological polar surface area (TPSA) is 68.2 Å². The first-order valence-corrected chi connectivity index (χ1v) is 11.4. The fourth-order valence-corrected chi connectivity index (χ4v) is 4.52. The number of hydrogen-bond donors (Lipinski definition) is 0. The fraction of sp³-hybridized carbons (Fsp3) is 0.333. The molecule has 6 nitrogen and oxygen atoms in total. The van der Waals surface area contributed by atoms with E-state index in [2.05, 4.69) is 29.0 Å². The second kappa shape index (κ2) is 8.86. The lowest BCUT2D eigenvalue weighted by atomic mass is 10.00. The van der Waals surface area contributed by atoms with E-state index >= 15 is 0 Å². The Morgan fingerprint density at radius 3 is 2.69 bits per heavy atom. The molecule has 32 heavy (non-hydrogen) atoms. The standard InChI is InChI=1S/C24H25FN4O2S/c1-13(2)12-32-24-26-22-20(27-28-24)19-10-14(3)9-15(4)21(19)29(16(5)30)23(31-22)17-7-6-8-18(25)11-17/h6-11,13,23H,12H2,1-5H3/t23-/m0/s1. The van der Waals surface area contributed by atoms with Crippen molar-refractivity contribution >= 4 is 23.4 Å². The number of ether oxygens (including phenoxy) is 1. The van der Waals surface area contributed by atoms with E-state index in [9.17, 15) is 9.18 Å². The van der Waals surface area contributed by atoms with Gasteiger partial charge < -0.3 is 4.74 Å². The number of thioether (sulfide) groups is 1. The molecule has 0 radical (unpaired) electrons. The van der Waals surface area contributed by atoms with Crippen LogP contribution in [0.25, 0.3) is 11.3 Å². The number of nitrogens with zero attached hydrogens (tertiary/aromatic N) is 4. The van der Waals surface area contributed by atoms with Crippen molar-refractivity contribution in [3.05, 3.63) is 58.9 Å². The fourth-order valence-electron chi connectivity index (χ4n) is 3.79. The monoisotopic (exact) mass is 452 g/mol. The smallest absolute Gasteiger partial charge is 0.247 e. The molecule has 1 atom stereocenters. The van der Waals surface area contributed by atoms with Crippen LogP contribution in [0.3, 0.4) is 0 Å². The summed E-state index contributed by atoms with van der Waals surface area (Å²) in [5.41, 5.74) is 4.25. The summed E-state index contributed by atoms with van der Waals surface area (Å²) in [5.74, 6) is 0.928. The maximum absolute atomic E-state index is 14.1. The third-order valence-corrected chi connectivity index (χ3v) is 6.32. The van der Waals surface area contributed by atoms with E-state index < -0.39 is 12.0 Å². The first kappa shape index (κ1) is 22.2. The molecule has 166 valence electrons. The maximum atomic E-state index is 14.1. The predicted octanol–water partition coefficient (Wildman–Crippen LogP) is 5.49. The van der Waals surface area contributed by atoms with Crippen molar-refractivity contribution < 1.29 is 13.9 Å². The quantitative estimate of drug-likeness (QED) is 0.488. The number of aromatic nitrogens is 3. The molecule has 1 aromatic heterocycles. The molecule has 0 saturated carbocycles. The first-order chi connectivity index (χ1) is 15.2. The summed E-state index contributed by atoms with van der Waals surface area (Å²) in [7, 11) is 0. The molecule has 8 heteroatoms. The molecular weight excluding hydrogens is 427 g/mol. The van der Waals surface area contributed by atoms with E-state index in [4.69, 9.17) is 4.74 Å². The van der Waals surface area contributed by atoms with Crippen molar-refractivity contribution in [1.29, 1.82) is 0 Å². The molecule has 1 aliphatic rings. The minimum Gasteiger partial charge on any atom is -0.447 e. The van der Waals surface area contributed by atoms with Gasteiger partial charge in [0.2, 0.25) is 23.2 Å². The SMILES string of the molecule is CC(=O)N1c2c(C)cc(C)cc2-c2nnc(SCC(C)C)nc2O[C@H]1c1cccc(F)c1. The number of carbonyl (C=O) groups is 1. The molecule has 4 rings (SSSR count). The Balaban J connectivity index is 1.95. The van der Waals surface area contributed by atoms with Crippen molar-refractivity contribution in [3.8, 4) is 17.1 Å². The van der Waals surface area contributed by atoms with E-state index in [1.165, 1.54) is 30.8 Å². The number of fused-ring (bicyclic) bond motifs is 3. The Kier molecular flexibility index (Phi) is 6.15. The highest BCUT2D eigenvalue weighted by Crippen LogP contribution is 2.45. The largest absolute Gasteiger partial charge is 0.447 e. The van der Waals surface area contributed by atoms with Crippen LogP contribution in [-0.4, -0.2) is 26.8 Å². The zero-order valence-corrected chi connectivity index (χ0v) is 19.5. The highest BCUT2D eigenvalue weighted by atomic mass is 32.2. The van der Waals surface area contributed by atoms with E-state index in [-0.39, 0.29) is 11.8 Å². The lowest BCUT2D eigenvalue weighted by molar-refractivity contribution is -0.118. The molecule has 1 aliphatic heterocycles. The first-order valence-electron chi connectivity index (χ1n) is 10.5. The van der Waals surface area contributed by atoms with Crippen LogP contribution >= 0.6 is 11.8 Å². The van der Waals surface area contributed by atoms with Gasteiger partial charge >= 0.3 is 0 Å². The van der Waals surface area contributed by atoms with Gasteiger partial charge in [-0.05, 0) is 43.5 Å². The molecule has 0 saturated heterocycles. The number of carbonyl (C=O) groups excluding carboxylic acids is 1. The van der Waals surface area contributed by atoms with E-state index in [1.807, 2.05) is 26.0 Å². The number of rotatable bonds is 4. The third-order valence-electron chi connectivity index (χ3n) is 5.05. The molecule has 0 N–H and O–H groups in total. The van der Waals surface area contributed by atoms with E-state index in [0.717, 1.165) is 16.9 Å². The Labute approximate surface area is 191 Å². The summed E-state index contributed by atoms with van der Waals surface area (Å²) in [5, 5.41) is 9.25. The summed E-state index contributed by atoms with van der Waals surface area (Å²) < 4.78 is 20.4. The van der Waals surface area contributed by atoms with Crippen molar-refractivity contribution in [3.63, 3.8) is 0 Å². The van der Waals surface area contributed by atoms with Gasteiger partial charge in [-0.2, -0.15) is 4.98 Å². The Hall–Kier alpha value is -3.00. The van der Waals surface area contributed by atoms with Crippen molar-refractivity contribution in [1.82, 2.24) is 15.2 Å². The number of hydrogen-bond acceptors (Lipinski definition) is 6. The second-order valence-corrected chi connectivity index (χ2v) is 9.33. The number of aryl methyl sites for hydroxylation is 2. The Bertz CT molecular complexity index is 1180. The van der Waals surface area contributed by atoms with Gasteiger partial charge in [0.25, 0.3) is 0 Å². The van der Waals surface area contributed by atoms with Crippen LogP contribution in [0.5, 0.6) is 5.88 Å². The van der Waals surface area contributed by atoms with Crippen LogP contribution < -0.4 is 9.64 Å². The summed E-state index contributed by atoms with van der Waals surface area (Å²) in [6.45, 7) is 9.62. The molecule has 2 aromatic carbocycles. The molecular formula is C24H25FN4O2S. The second-order valence-electron chi connectivity index (χ2n) is 8.35. The highest BCUT2D eigenvalue weighted by Gasteiger charge is 2.36. The molecule has 3 aromatic rings. The van der Waals surface area contributed by atoms with E-state index in [0.29, 0.717) is 33.6 Å². The van der Waals surface area contributed by atoms with Crippen molar-refractivity contribution in [2.45, 2.75) is 46.0 Å². The van der Waals surface area contributed by atoms with Gasteiger partial charge in [-0.25, -0.2) is 4.39 Å². The normalized spacial score (nSPS) is 15.1. The summed E-state index contributed by atoms with van der Waals surface area (Å²) in [6, 6.07) is 10.0. The predicted molar refractivity (Wildman–Crippen MR) is 123 cm³/mol. The lowest BCUT2D eigenvalue weighted by Gasteiger charge is -2.31. The molecule has 2 heterocycles. The lowest BCUT2D eigenvalue weighted by Crippen LogP contribution is -2.36. The van der Waals surface area contributed by atoms with E-state index in [1.54, 1.807) is 17.0 Å². The highest BCUT2D eigenvalue weighted by molar-refractivity contribution is 7.99. The zero-order valence-electron chi connectivity index (χ0n) is 18.7. The van der Waals surface area contributed by atoms with Gasteiger partial charge in [-0.3, -0.25) is 9.69 Å².